The van der Waals surface area contributed by atoms with Gasteiger partial charge >= 0.3 is 0 Å². The summed E-state index contributed by atoms with van der Waals surface area (Å²) in [4.78, 5) is 0. The van der Waals surface area contributed by atoms with Crippen LogP contribution in [0.25, 0.3) is 0 Å². The molecule has 2 N–H and O–H groups in total. The van der Waals surface area contributed by atoms with Gasteiger partial charge in [0, 0.05) is 0 Å². The lowest BCUT2D eigenvalue weighted by Gasteiger charge is -2.32. The smallest absolute Gasteiger partial charge is 0.0648 e. The molecule has 0 aromatic carbocycles. The van der Waals surface area contributed by atoms with Crippen molar-refractivity contribution in [1.29, 1.82) is 0 Å². The Morgan fingerprint density at radius 2 is 1.68 bits per heavy atom. The maximum Gasteiger partial charge on any atom is 0.0648 e. The number of aliphatic hydroxyl groups excluding tert-OH is 2. The van der Waals surface area contributed by atoms with E-state index >= 15 is 0 Å². The maximum atomic E-state index is 9.51. The fourth-order valence-electron chi connectivity index (χ4n) is 2.79. The highest BCUT2D eigenvalue weighted by atomic mass is 16.3. The van der Waals surface area contributed by atoms with E-state index in [1.807, 2.05) is 0 Å². The summed E-state index contributed by atoms with van der Waals surface area (Å²) in [5.74, 6) is 0. The lowest BCUT2D eigenvalue weighted by Crippen LogP contribution is -2.19. The van der Waals surface area contributed by atoms with Gasteiger partial charge in [-0.05, 0) is 54.6 Å². The molecule has 0 aliphatic heterocycles. The zero-order valence-corrected chi connectivity index (χ0v) is 15.3. The molecule has 0 aromatic rings. The Kier molecular flexibility index (Phi) is 6.64. The molecule has 0 saturated carbocycles. The summed E-state index contributed by atoms with van der Waals surface area (Å²) >= 11 is 0. The molecule has 0 unspecified atom stereocenters. The first-order valence-electron chi connectivity index (χ1n) is 8.40. The fourth-order valence-corrected chi connectivity index (χ4v) is 2.79. The van der Waals surface area contributed by atoms with Crippen LogP contribution in [0.1, 0.15) is 67.2 Å². The summed E-state index contributed by atoms with van der Waals surface area (Å²) in [6.45, 7) is 13.7. The largest absolute Gasteiger partial charge is 0.392 e. The molecule has 0 saturated heterocycles. The lowest BCUT2D eigenvalue weighted by atomic mass is 9.74. The second kappa shape index (κ2) is 7.61. The highest BCUT2D eigenvalue weighted by Gasteiger charge is 2.26. The minimum atomic E-state index is 0.0619. The molecule has 2 nitrogen and oxygen atoms in total. The molecule has 1 rings (SSSR count). The summed E-state index contributed by atoms with van der Waals surface area (Å²) in [5, 5.41) is 18.9. The first-order chi connectivity index (χ1) is 10.1. The van der Waals surface area contributed by atoms with Crippen LogP contribution < -0.4 is 0 Å². The second-order valence-electron chi connectivity index (χ2n) is 8.19. The van der Waals surface area contributed by atoms with Crippen LogP contribution in [0.15, 0.2) is 34.4 Å². The zero-order valence-electron chi connectivity index (χ0n) is 15.3. The van der Waals surface area contributed by atoms with Crippen LogP contribution in [0, 0.1) is 10.8 Å². The van der Waals surface area contributed by atoms with Gasteiger partial charge in [-0.15, -0.1) is 0 Å². The van der Waals surface area contributed by atoms with E-state index in [0.717, 1.165) is 36.8 Å². The van der Waals surface area contributed by atoms with Gasteiger partial charge < -0.3 is 10.2 Å². The Bertz CT molecular complexity index is 470. The van der Waals surface area contributed by atoms with E-state index in [2.05, 4.69) is 53.7 Å². The van der Waals surface area contributed by atoms with Crippen LogP contribution in [0.3, 0.4) is 0 Å². The Morgan fingerprint density at radius 3 is 2.18 bits per heavy atom. The van der Waals surface area contributed by atoms with Crippen molar-refractivity contribution in [2.45, 2.75) is 67.2 Å². The van der Waals surface area contributed by atoms with E-state index in [1.54, 1.807) is 0 Å². The van der Waals surface area contributed by atoms with Crippen molar-refractivity contribution in [2.24, 2.45) is 10.8 Å². The predicted molar refractivity (Wildman–Crippen MR) is 94.7 cm³/mol. The Morgan fingerprint density at radius 1 is 1.09 bits per heavy atom. The highest BCUT2D eigenvalue weighted by Crippen LogP contribution is 2.39. The Labute approximate surface area is 136 Å². The monoisotopic (exact) mass is 306 g/mol. The van der Waals surface area contributed by atoms with Gasteiger partial charge in [0.25, 0.3) is 0 Å². The Balaban J connectivity index is 2.70. The molecule has 0 aromatic heterocycles. The van der Waals surface area contributed by atoms with Crippen LogP contribution in [-0.4, -0.2) is 23.4 Å². The standard InChI is InChI=1S/C20H34O2/c1-15(19(2,3)4)8-7-11-20(5,6)18-10-9-16(13-21)17(12-18)14-22/h8,10,21-22H,7,9,11-14H2,1-6H3/b15-8+. The van der Waals surface area contributed by atoms with Crippen LogP contribution in [0.5, 0.6) is 0 Å². The second-order valence-corrected chi connectivity index (χ2v) is 8.19. The highest BCUT2D eigenvalue weighted by molar-refractivity contribution is 5.32. The first kappa shape index (κ1) is 19.2. The fraction of sp³-hybridized carbons (Fsp3) is 0.700. The average Bonchev–Trinajstić information content (AvgIpc) is 2.45. The van der Waals surface area contributed by atoms with Crippen molar-refractivity contribution in [3.63, 3.8) is 0 Å². The van der Waals surface area contributed by atoms with E-state index in [0.29, 0.717) is 0 Å². The quantitative estimate of drug-likeness (QED) is 0.693. The maximum absolute atomic E-state index is 9.51. The third-order valence-corrected chi connectivity index (χ3v) is 5.15. The van der Waals surface area contributed by atoms with Gasteiger partial charge in [-0.1, -0.05) is 57.9 Å². The summed E-state index contributed by atoms with van der Waals surface area (Å²) in [7, 11) is 0. The lowest BCUT2D eigenvalue weighted by molar-refractivity contribution is 0.301. The van der Waals surface area contributed by atoms with Crippen molar-refractivity contribution in [1.82, 2.24) is 0 Å². The van der Waals surface area contributed by atoms with Crippen molar-refractivity contribution in [3.05, 3.63) is 34.4 Å². The Hall–Kier alpha value is -0.860. The van der Waals surface area contributed by atoms with Gasteiger partial charge in [-0.2, -0.15) is 0 Å². The number of aliphatic hydroxyl groups is 2. The van der Waals surface area contributed by atoms with E-state index in [4.69, 9.17) is 0 Å². The summed E-state index contributed by atoms with van der Waals surface area (Å²) in [5.41, 5.74) is 5.22. The van der Waals surface area contributed by atoms with E-state index in [-0.39, 0.29) is 24.0 Å². The van der Waals surface area contributed by atoms with Crippen LogP contribution in [-0.2, 0) is 0 Å². The topological polar surface area (TPSA) is 40.5 Å². The number of hydrogen-bond acceptors (Lipinski definition) is 2. The molecule has 0 fully saturated rings. The number of allylic oxidation sites excluding steroid dienone is 4. The number of rotatable bonds is 6. The molecular formula is C20H34O2. The average molecular weight is 306 g/mol. The minimum Gasteiger partial charge on any atom is -0.392 e. The minimum absolute atomic E-state index is 0.0619. The predicted octanol–water partition coefficient (Wildman–Crippen LogP) is 4.79. The van der Waals surface area contributed by atoms with E-state index < -0.39 is 0 Å². The van der Waals surface area contributed by atoms with Crippen LogP contribution >= 0.6 is 0 Å². The van der Waals surface area contributed by atoms with Gasteiger partial charge in [0.05, 0.1) is 13.2 Å². The molecule has 0 bridgehead atoms. The van der Waals surface area contributed by atoms with Crippen molar-refractivity contribution in [2.75, 3.05) is 13.2 Å². The van der Waals surface area contributed by atoms with Crippen LogP contribution in [0.4, 0.5) is 0 Å². The van der Waals surface area contributed by atoms with Crippen molar-refractivity contribution in [3.8, 4) is 0 Å². The zero-order chi connectivity index (χ0) is 17.0. The molecule has 1 aliphatic carbocycles. The SMILES string of the molecule is C/C(=C\CCC(C)(C)C1=CCC(CO)=C(CO)C1)C(C)(C)C. The summed E-state index contributed by atoms with van der Waals surface area (Å²) < 4.78 is 0. The van der Waals surface area contributed by atoms with Gasteiger partial charge in [0.2, 0.25) is 0 Å². The van der Waals surface area contributed by atoms with E-state index in [9.17, 15) is 10.2 Å². The normalized spacial score (nSPS) is 17.8. The van der Waals surface area contributed by atoms with Crippen LogP contribution in [0.2, 0.25) is 0 Å². The summed E-state index contributed by atoms with van der Waals surface area (Å²) in [6, 6.07) is 0. The molecule has 0 atom stereocenters. The summed E-state index contributed by atoms with van der Waals surface area (Å²) in [6.07, 6.45) is 8.40. The van der Waals surface area contributed by atoms with Gasteiger partial charge in [0.1, 0.15) is 0 Å². The molecule has 126 valence electrons. The molecule has 0 spiro atoms. The van der Waals surface area contributed by atoms with Crippen molar-refractivity contribution >= 4 is 0 Å². The third kappa shape index (κ3) is 5.10. The van der Waals surface area contributed by atoms with Crippen molar-refractivity contribution < 1.29 is 10.2 Å². The molecule has 2 heteroatoms. The van der Waals surface area contributed by atoms with Gasteiger partial charge in [-0.25, -0.2) is 0 Å². The van der Waals surface area contributed by atoms with Gasteiger partial charge in [-0.3, -0.25) is 0 Å². The molecule has 0 radical (unpaired) electrons. The van der Waals surface area contributed by atoms with Gasteiger partial charge in [0.15, 0.2) is 0 Å². The molecule has 1 aliphatic rings. The van der Waals surface area contributed by atoms with E-state index in [1.165, 1.54) is 11.1 Å². The third-order valence-electron chi connectivity index (χ3n) is 5.15. The molecule has 22 heavy (non-hydrogen) atoms. The molecular weight excluding hydrogens is 272 g/mol. The molecule has 0 heterocycles. The first-order valence-corrected chi connectivity index (χ1v) is 8.40. The number of hydrogen-bond donors (Lipinski definition) is 2. The molecule has 0 amide bonds.